The van der Waals surface area contributed by atoms with E-state index < -0.39 is 5.00 Å². The molecular formula is C12H15ClN2. The van der Waals surface area contributed by atoms with Crippen molar-refractivity contribution in [2.75, 3.05) is 0 Å². The molecule has 0 aromatic heterocycles. The van der Waals surface area contributed by atoms with Gasteiger partial charge >= 0.3 is 0 Å². The number of hydrogen-bond donors (Lipinski definition) is 0. The number of halogens is 1. The van der Waals surface area contributed by atoms with Gasteiger partial charge in [0.15, 0.2) is 5.00 Å². The predicted octanol–water partition coefficient (Wildman–Crippen LogP) is 4.67. The molecular weight excluding hydrogens is 208 g/mol. The van der Waals surface area contributed by atoms with E-state index in [-0.39, 0.29) is 0 Å². The molecule has 3 heteroatoms. The van der Waals surface area contributed by atoms with Gasteiger partial charge in [0.2, 0.25) is 0 Å². The summed E-state index contributed by atoms with van der Waals surface area (Å²) in [6.45, 7) is 0. The van der Waals surface area contributed by atoms with Crippen LogP contribution in [0, 0.1) is 0 Å². The zero-order valence-electron chi connectivity index (χ0n) is 8.69. The van der Waals surface area contributed by atoms with Crippen molar-refractivity contribution in [3.63, 3.8) is 0 Å². The number of azo groups is 1. The van der Waals surface area contributed by atoms with Gasteiger partial charge in [-0.05, 0) is 37.8 Å². The van der Waals surface area contributed by atoms with Crippen LogP contribution in [-0.4, -0.2) is 5.00 Å². The minimum atomic E-state index is -0.436. The first-order valence-electron chi connectivity index (χ1n) is 5.45. The molecule has 0 spiro atoms. The Balaban J connectivity index is 2.04. The summed E-state index contributed by atoms with van der Waals surface area (Å²) >= 11 is 6.36. The average Bonchev–Trinajstić information content (AvgIpc) is 2.29. The number of rotatable bonds is 2. The second-order valence-electron chi connectivity index (χ2n) is 4.01. The van der Waals surface area contributed by atoms with E-state index in [4.69, 9.17) is 11.6 Å². The highest BCUT2D eigenvalue weighted by Gasteiger charge is 2.28. The molecule has 1 saturated carbocycles. The maximum absolute atomic E-state index is 6.36. The number of hydrogen-bond acceptors (Lipinski definition) is 2. The van der Waals surface area contributed by atoms with E-state index in [0.717, 1.165) is 31.4 Å². The van der Waals surface area contributed by atoms with Gasteiger partial charge in [0.25, 0.3) is 0 Å². The van der Waals surface area contributed by atoms with Crippen LogP contribution >= 0.6 is 11.6 Å². The van der Waals surface area contributed by atoms with E-state index in [0.29, 0.717) is 0 Å². The van der Waals surface area contributed by atoms with Crippen LogP contribution in [0.25, 0.3) is 0 Å². The molecule has 2 rings (SSSR count). The smallest absolute Gasteiger partial charge is 0.155 e. The molecule has 0 aliphatic heterocycles. The molecule has 15 heavy (non-hydrogen) atoms. The van der Waals surface area contributed by atoms with Crippen molar-refractivity contribution in [2.45, 2.75) is 37.1 Å². The van der Waals surface area contributed by atoms with E-state index in [1.807, 2.05) is 30.3 Å². The lowest BCUT2D eigenvalue weighted by Gasteiger charge is -2.25. The zero-order chi connectivity index (χ0) is 10.6. The first-order valence-corrected chi connectivity index (χ1v) is 5.83. The Labute approximate surface area is 95.4 Å². The third-order valence-electron chi connectivity index (χ3n) is 2.72. The van der Waals surface area contributed by atoms with Gasteiger partial charge in [0.05, 0.1) is 5.69 Å². The van der Waals surface area contributed by atoms with Crippen molar-refractivity contribution in [3.8, 4) is 0 Å². The van der Waals surface area contributed by atoms with Gasteiger partial charge in [0.1, 0.15) is 0 Å². The lowest BCUT2D eigenvalue weighted by molar-refractivity contribution is 0.390. The van der Waals surface area contributed by atoms with Crippen LogP contribution in [0.15, 0.2) is 40.6 Å². The predicted molar refractivity (Wildman–Crippen MR) is 62.6 cm³/mol. The molecule has 2 nitrogen and oxygen atoms in total. The summed E-state index contributed by atoms with van der Waals surface area (Å²) < 4.78 is 0. The Morgan fingerprint density at radius 1 is 1.00 bits per heavy atom. The van der Waals surface area contributed by atoms with E-state index in [1.165, 1.54) is 6.42 Å². The minimum absolute atomic E-state index is 0.436. The van der Waals surface area contributed by atoms with Gasteiger partial charge < -0.3 is 0 Å². The van der Waals surface area contributed by atoms with Crippen LogP contribution in [0.1, 0.15) is 32.1 Å². The second kappa shape index (κ2) is 4.75. The standard InChI is InChI=1S/C12H15ClN2/c13-12(9-5-2-6-10-12)15-14-11-7-3-1-4-8-11/h1,3-4,7-8H,2,5-6,9-10H2. The zero-order valence-corrected chi connectivity index (χ0v) is 9.45. The molecule has 1 aliphatic carbocycles. The van der Waals surface area contributed by atoms with Crippen LogP contribution < -0.4 is 0 Å². The highest BCUT2D eigenvalue weighted by molar-refractivity contribution is 6.23. The maximum atomic E-state index is 6.36. The van der Waals surface area contributed by atoms with Gasteiger partial charge in [-0.2, -0.15) is 10.2 Å². The van der Waals surface area contributed by atoms with Crippen LogP contribution in [0.4, 0.5) is 5.69 Å². The second-order valence-corrected chi connectivity index (χ2v) is 4.72. The Hall–Kier alpha value is -0.890. The van der Waals surface area contributed by atoms with E-state index in [1.54, 1.807) is 0 Å². The van der Waals surface area contributed by atoms with Crippen molar-refractivity contribution in [1.82, 2.24) is 0 Å². The van der Waals surface area contributed by atoms with E-state index in [2.05, 4.69) is 10.2 Å². The molecule has 1 aliphatic rings. The van der Waals surface area contributed by atoms with Crippen LogP contribution in [0.2, 0.25) is 0 Å². The molecule has 1 aromatic rings. The molecule has 1 aromatic carbocycles. The maximum Gasteiger partial charge on any atom is 0.155 e. The monoisotopic (exact) mass is 222 g/mol. The molecule has 0 saturated heterocycles. The van der Waals surface area contributed by atoms with E-state index >= 15 is 0 Å². The summed E-state index contributed by atoms with van der Waals surface area (Å²) in [5, 5.41) is 8.47. The summed E-state index contributed by atoms with van der Waals surface area (Å²) in [7, 11) is 0. The van der Waals surface area contributed by atoms with Crippen LogP contribution in [0.5, 0.6) is 0 Å². The van der Waals surface area contributed by atoms with Gasteiger partial charge in [-0.15, -0.1) is 0 Å². The fourth-order valence-corrected chi connectivity index (χ4v) is 2.14. The van der Waals surface area contributed by atoms with Crippen LogP contribution in [-0.2, 0) is 0 Å². The first kappa shape index (κ1) is 10.6. The van der Waals surface area contributed by atoms with Crippen molar-refractivity contribution in [3.05, 3.63) is 30.3 Å². The molecule has 80 valence electrons. The molecule has 0 atom stereocenters. The van der Waals surface area contributed by atoms with Crippen LogP contribution in [0.3, 0.4) is 0 Å². The number of nitrogens with zero attached hydrogens (tertiary/aromatic N) is 2. The average molecular weight is 223 g/mol. The fourth-order valence-electron chi connectivity index (χ4n) is 1.84. The van der Waals surface area contributed by atoms with Crippen molar-refractivity contribution >= 4 is 17.3 Å². The Bertz CT molecular complexity index is 329. The van der Waals surface area contributed by atoms with Gasteiger partial charge in [-0.25, -0.2) is 0 Å². The number of alkyl halides is 1. The lowest BCUT2D eigenvalue weighted by atomic mass is 9.95. The summed E-state index contributed by atoms with van der Waals surface area (Å²) in [6, 6.07) is 9.75. The summed E-state index contributed by atoms with van der Waals surface area (Å²) in [6.07, 6.45) is 5.50. The fraction of sp³-hybridized carbons (Fsp3) is 0.500. The van der Waals surface area contributed by atoms with Gasteiger partial charge in [-0.1, -0.05) is 36.2 Å². The van der Waals surface area contributed by atoms with Crippen molar-refractivity contribution < 1.29 is 0 Å². The Morgan fingerprint density at radius 3 is 2.33 bits per heavy atom. The number of benzene rings is 1. The quantitative estimate of drug-likeness (QED) is 0.395. The molecule has 0 radical (unpaired) electrons. The molecule has 0 N–H and O–H groups in total. The SMILES string of the molecule is ClC1(N=Nc2ccccc2)CCCCC1. The first-order chi connectivity index (χ1) is 7.29. The largest absolute Gasteiger partial charge is 0.166 e. The highest BCUT2D eigenvalue weighted by atomic mass is 35.5. The highest BCUT2D eigenvalue weighted by Crippen LogP contribution is 2.36. The van der Waals surface area contributed by atoms with Crippen molar-refractivity contribution in [1.29, 1.82) is 0 Å². The minimum Gasteiger partial charge on any atom is -0.166 e. The molecule has 1 fully saturated rings. The Morgan fingerprint density at radius 2 is 1.67 bits per heavy atom. The third kappa shape index (κ3) is 3.03. The van der Waals surface area contributed by atoms with Crippen molar-refractivity contribution in [2.24, 2.45) is 10.2 Å². The third-order valence-corrected chi connectivity index (χ3v) is 3.17. The summed E-state index contributed by atoms with van der Waals surface area (Å²) in [5.74, 6) is 0. The summed E-state index contributed by atoms with van der Waals surface area (Å²) in [4.78, 5) is -0.436. The summed E-state index contributed by atoms with van der Waals surface area (Å²) in [5.41, 5.74) is 0.878. The topological polar surface area (TPSA) is 24.7 Å². The molecule has 0 bridgehead atoms. The molecule has 0 unspecified atom stereocenters. The van der Waals surface area contributed by atoms with E-state index in [9.17, 15) is 0 Å². The van der Waals surface area contributed by atoms with Gasteiger partial charge in [-0.3, -0.25) is 0 Å². The lowest BCUT2D eigenvalue weighted by Crippen LogP contribution is -2.21. The molecule has 0 amide bonds. The Kier molecular flexibility index (Phi) is 3.37. The molecule has 0 heterocycles. The normalized spacial score (nSPS) is 20.6. The van der Waals surface area contributed by atoms with Gasteiger partial charge in [0, 0.05) is 0 Å².